The Morgan fingerprint density at radius 1 is 1.20 bits per heavy atom. The Balaban J connectivity index is 2.31. The molecular formula is C15H15Cl2FN2. The van der Waals surface area contributed by atoms with Crippen LogP contribution in [0.25, 0.3) is 0 Å². The Morgan fingerprint density at radius 3 is 2.60 bits per heavy atom. The molecule has 0 bridgehead atoms. The van der Waals surface area contributed by atoms with Gasteiger partial charge in [0.1, 0.15) is 5.82 Å². The fourth-order valence-electron chi connectivity index (χ4n) is 2.09. The first-order valence-electron chi connectivity index (χ1n) is 6.19. The Bertz CT molecular complexity index is 617. The van der Waals surface area contributed by atoms with E-state index < -0.39 is 0 Å². The summed E-state index contributed by atoms with van der Waals surface area (Å²) in [4.78, 5) is 0. The van der Waals surface area contributed by atoms with Gasteiger partial charge < -0.3 is 11.1 Å². The first-order valence-corrected chi connectivity index (χ1v) is 6.94. The van der Waals surface area contributed by atoms with Crippen molar-refractivity contribution in [2.75, 3.05) is 11.9 Å². The second kappa shape index (κ2) is 6.44. The second-order valence-electron chi connectivity index (χ2n) is 4.56. The van der Waals surface area contributed by atoms with Crippen molar-refractivity contribution in [3.05, 3.63) is 63.4 Å². The lowest BCUT2D eigenvalue weighted by atomic mass is 10.0. The minimum Gasteiger partial charge on any atom is -0.376 e. The standard InChI is InChI=1S/C15H15Cl2FN2/c1-9-6-10(16)2-4-12(9)15(8-19)20-14-7-11(18)3-5-13(14)17/h2-7,15,20H,8,19H2,1H3. The van der Waals surface area contributed by atoms with Crippen LogP contribution < -0.4 is 11.1 Å². The van der Waals surface area contributed by atoms with Gasteiger partial charge in [0.05, 0.1) is 16.8 Å². The Morgan fingerprint density at radius 2 is 1.95 bits per heavy atom. The molecule has 1 unspecified atom stereocenters. The molecule has 2 rings (SSSR count). The molecule has 0 radical (unpaired) electrons. The van der Waals surface area contributed by atoms with Crippen LogP contribution in [0, 0.1) is 12.7 Å². The molecular weight excluding hydrogens is 298 g/mol. The van der Waals surface area contributed by atoms with Crippen LogP contribution in [-0.4, -0.2) is 6.54 Å². The molecule has 0 spiro atoms. The second-order valence-corrected chi connectivity index (χ2v) is 5.40. The number of benzene rings is 2. The maximum Gasteiger partial charge on any atom is 0.125 e. The number of rotatable bonds is 4. The number of hydrogen-bond acceptors (Lipinski definition) is 2. The molecule has 0 aliphatic carbocycles. The van der Waals surface area contributed by atoms with Crippen LogP contribution in [0.15, 0.2) is 36.4 Å². The Labute approximate surface area is 127 Å². The minimum absolute atomic E-state index is 0.161. The van der Waals surface area contributed by atoms with Crippen LogP contribution >= 0.6 is 23.2 Å². The summed E-state index contributed by atoms with van der Waals surface area (Å²) < 4.78 is 13.3. The van der Waals surface area contributed by atoms with E-state index in [0.29, 0.717) is 22.3 Å². The molecule has 0 heterocycles. The summed E-state index contributed by atoms with van der Waals surface area (Å²) in [6.45, 7) is 2.31. The van der Waals surface area contributed by atoms with E-state index in [1.54, 1.807) is 6.07 Å². The smallest absolute Gasteiger partial charge is 0.125 e. The molecule has 0 aliphatic heterocycles. The molecule has 0 amide bonds. The van der Waals surface area contributed by atoms with E-state index in [0.717, 1.165) is 11.1 Å². The van der Waals surface area contributed by atoms with Crippen molar-refractivity contribution in [3.63, 3.8) is 0 Å². The van der Waals surface area contributed by atoms with Gasteiger partial charge in [-0.15, -0.1) is 0 Å². The molecule has 0 fully saturated rings. The van der Waals surface area contributed by atoms with Crippen molar-refractivity contribution in [3.8, 4) is 0 Å². The van der Waals surface area contributed by atoms with Crippen molar-refractivity contribution in [1.29, 1.82) is 0 Å². The summed E-state index contributed by atoms with van der Waals surface area (Å²) in [5.74, 6) is -0.347. The number of aryl methyl sites for hydroxylation is 1. The molecule has 2 aromatic rings. The number of hydrogen-bond donors (Lipinski definition) is 2. The molecule has 3 N–H and O–H groups in total. The van der Waals surface area contributed by atoms with Crippen LogP contribution in [0.2, 0.25) is 10.0 Å². The third kappa shape index (κ3) is 3.42. The summed E-state index contributed by atoms with van der Waals surface area (Å²) >= 11 is 12.0. The number of anilines is 1. The summed E-state index contributed by atoms with van der Waals surface area (Å²) in [6, 6.07) is 9.62. The normalized spacial score (nSPS) is 12.2. The fourth-order valence-corrected chi connectivity index (χ4v) is 2.49. The van der Waals surface area contributed by atoms with Crippen LogP contribution in [0.5, 0.6) is 0 Å². The fraction of sp³-hybridized carbons (Fsp3) is 0.200. The van der Waals surface area contributed by atoms with Crippen LogP contribution in [0.4, 0.5) is 10.1 Å². The molecule has 106 valence electrons. The highest BCUT2D eigenvalue weighted by atomic mass is 35.5. The summed E-state index contributed by atoms with van der Waals surface area (Å²) in [7, 11) is 0. The third-order valence-electron chi connectivity index (χ3n) is 3.10. The lowest BCUT2D eigenvalue weighted by Crippen LogP contribution is -2.21. The summed E-state index contributed by atoms with van der Waals surface area (Å²) in [6.07, 6.45) is 0. The van der Waals surface area contributed by atoms with Gasteiger partial charge in [0.2, 0.25) is 0 Å². The van der Waals surface area contributed by atoms with Gasteiger partial charge in [-0.05, 0) is 48.4 Å². The van der Waals surface area contributed by atoms with Crippen molar-refractivity contribution < 1.29 is 4.39 Å². The van der Waals surface area contributed by atoms with Gasteiger partial charge >= 0.3 is 0 Å². The molecule has 2 nitrogen and oxygen atoms in total. The van der Waals surface area contributed by atoms with Gasteiger partial charge in [-0.2, -0.15) is 0 Å². The van der Waals surface area contributed by atoms with Gasteiger partial charge in [0.15, 0.2) is 0 Å². The van der Waals surface area contributed by atoms with Gasteiger partial charge in [0.25, 0.3) is 0 Å². The molecule has 0 aromatic heterocycles. The van der Waals surface area contributed by atoms with E-state index in [9.17, 15) is 4.39 Å². The van der Waals surface area contributed by atoms with Gasteiger partial charge in [-0.1, -0.05) is 29.3 Å². The topological polar surface area (TPSA) is 38.0 Å². The Kier molecular flexibility index (Phi) is 4.86. The van der Waals surface area contributed by atoms with E-state index in [4.69, 9.17) is 28.9 Å². The van der Waals surface area contributed by atoms with Crippen LogP contribution in [0.3, 0.4) is 0 Å². The monoisotopic (exact) mass is 312 g/mol. The number of nitrogens with one attached hydrogen (secondary N) is 1. The maximum absolute atomic E-state index is 13.3. The highest BCUT2D eigenvalue weighted by Crippen LogP contribution is 2.28. The predicted molar refractivity (Wildman–Crippen MR) is 83.0 cm³/mol. The summed E-state index contributed by atoms with van der Waals surface area (Å²) in [5.41, 5.74) is 8.37. The number of halogens is 3. The lowest BCUT2D eigenvalue weighted by molar-refractivity contribution is 0.627. The van der Waals surface area contributed by atoms with E-state index in [1.807, 2.05) is 19.1 Å². The van der Waals surface area contributed by atoms with Crippen molar-refractivity contribution in [2.45, 2.75) is 13.0 Å². The molecule has 20 heavy (non-hydrogen) atoms. The largest absolute Gasteiger partial charge is 0.376 e. The van der Waals surface area contributed by atoms with Gasteiger partial charge in [-0.25, -0.2) is 4.39 Å². The molecule has 0 saturated heterocycles. The first kappa shape index (κ1) is 15.1. The average Bonchev–Trinajstić information content (AvgIpc) is 2.40. The first-order chi connectivity index (χ1) is 9.51. The highest BCUT2D eigenvalue weighted by Gasteiger charge is 2.14. The SMILES string of the molecule is Cc1cc(Cl)ccc1C(CN)Nc1cc(F)ccc1Cl. The molecule has 2 aromatic carbocycles. The van der Waals surface area contributed by atoms with E-state index in [-0.39, 0.29) is 11.9 Å². The van der Waals surface area contributed by atoms with Gasteiger partial charge in [-0.3, -0.25) is 0 Å². The van der Waals surface area contributed by atoms with Crippen molar-refractivity contribution in [1.82, 2.24) is 0 Å². The molecule has 0 saturated carbocycles. The van der Waals surface area contributed by atoms with E-state index in [2.05, 4.69) is 5.32 Å². The third-order valence-corrected chi connectivity index (χ3v) is 3.67. The van der Waals surface area contributed by atoms with Crippen LogP contribution in [-0.2, 0) is 0 Å². The highest BCUT2D eigenvalue weighted by molar-refractivity contribution is 6.33. The maximum atomic E-state index is 13.3. The Hall–Kier alpha value is -1.29. The zero-order chi connectivity index (χ0) is 14.7. The quantitative estimate of drug-likeness (QED) is 0.869. The van der Waals surface area contributed by atoms with E-state index in [1.165, 1.54) is 18.2 Å². The molecule has 0 aliphatic rings. The van der Waals surface area contributed by atoms with E-state index >= 15 is 0 Å². The lowest BCUT2D eigenvalue weighted by Gasteiger charge is -2.21. The minimum atomic E-state index is -0.347. The number of nitrogens with two attached hydrogens (primary N) is 1. The van der Waals surface area contributed by atoms with Crippen LogP contribution in [0.1, 0.15) is 17.2 Å². The zero-order valence-corrected chi connectivity index (χ0v) is 12.5. The van der Waals surface area contributed by atoms with Crippen molar-refractivity contribution >= 4 is 28.9 Å². The van der Waals surface area contributed by atoms with Gasteiger partial charge in [0, 0.05) is 11.6 Å². The predicted octanol–water partition coefficient (Wildman–Crippen LogP) is 4.55. The van der Waals surface area contributed by atoms with Crippen molar-refractivity contribution in [2.24, 2.45) is 5.73 Å². The molecule has 5 heteroatoms. The average molecular weight is 313 g/mol. The molecule has 1 atom stereocenters. The summed E-state index contributed by atoms with van der Waals surface area (Å²) in [5, 5.41) is 4.30. The zero-order valence-electron chi connectivity index (χ0n) is 11.0.